The Bertz CT molecular complexity index is 154. The summed E-state index contributed by atoms with van der Waals surface area (Å²) in [6.45, 7) is 0.874. The number of nitrogens with two attached hydrogens (primary N) is 1. The number of carbonyl (C=O) groups excluding carboxylic acids is 1. The summed E-state index contributed by atoms with van der Waals surface area (Å²) in [6, 6.07) is 0. The summed E-state index contributed by atoms with van der Waals surface area (Å²) in [5.41, 5.74) is 5.03. The molecular formula is C7H12N2O. The summed E-state index contributed by atoms with van der Waals surface area (Å²) in [6.07, 6.45) is 5.40. The lowest BCUT2D eigenvalue weighted by Crippen LogP contribution is -2.26. The van der Waals surface area contributed by atoms with Crippen molar-refractivity contribution in [2.45, 2.75) is 12.8 Å². The summed E-state index contributed by atoms with van der Waals surface area (Å²) in [4.78, 5) is 10.4. The minimum absolute atomic E-state index is 0.206. The quantitative estimate of drug-likeness (QED) is 0.566. The van der Waals surface area contributed by atoms with Crippen LogP contribution < -0.4 is 11.1 Å². The van der Waals surface area contributed by atoms with Gasteiger partial charge in [0.15, 0.2) is 0 Å². The fraction of sp³-hybridized carbons (Fsp3) is 0.571. The van der Waals surface area contributed by atoms with Crippen molar-refractivity contribution in [1.29, 1.82) is 0 Å². The van der Waals surface area contributed by atoms with Gasteiger partial charge in [-0.1, -0.05) is 6.08 Å². The molecule has 0 aliphatic carbocycles. The molecule has 0 spiro atoms. The number of rotatable bonds is 2. The van der Waals surface area contributed by atoms with E-state index in [2.05, 4.69) is 5.32 Å². The Morgan fingerprint density at radius 3 is 3.10 bits per heavy atom. The van der Waals surface area contributed by atoms with E-state index in [1.807, 2.05) is 12.3 Å². The Balaban J connectivity index is 2.28. The van der Waals surface area contributed by atoms with Gasteiger partial charge in [-0.15, -0.1) is 0 Å². The highest BCUT2D eigenvalue weighted by molar-refractivity contribution is 5.74. The molecule has 1 amide bonds. The fourth-order valence-corrected chi connectivity index (χ4v) is 1.10. The first-order valence-corrected chi connectivity index (χ1v) is 3.45. The van der Waals surface area contributed by atoms with Crippen LogP contribution in [-0.4, -0.2) is 12.5 Å². The van der Waals surface area contributed by atoms with Crippen molar-refractivity contribution in [3.8, 4) is 0 Å². The standard InChI is InChI=1S/C7H12N2O/c8-7(10)4-6-2-1-3-9-5-6/h1,3,6,9H,2,4-5H2,(H2,8,10). The number of amides is 1. The third kappa shape index (κ3) is 2.09. The second kappa shape index (κ2) is 3.25. The number of nitrogens with one attached hydrogen (secondary N) is 1. The van der Waals surface area contributed by atoms with Crippen LogP contribution in [0.5, 0.6) is 0 Å². The van der Waals surface area contributed by atoms with Crippen LogP contribution >= 0.6 is 0 Å². The van der Waals surface area contributed by atoms with Crippen molar-refractivity contribution in [3.05, 3.63) is 12.3 Å². The zero-order chi connectivity index (χ0) is 7.40. The Kier molecular flexibility index (Phi) is 2.31. The van der Waals surface area contributed by atoms with Crippen molar-refractivity contribution in [1.82, 2.24) is 5.32 Å². The summed E-state index contributed by atoms with van der Waals surface area (Å²) < 4.78 is 0. The number of hydrogen-bond donors (Lipinski definition) is 2. The minimum Gasteiger partial charge on any atom is -0.391 e. The van der Waals surface area contributed by atoms with Gasteiger partial charge in [-0.3, -0.25) is 4.79 Å². The second-order valence-electron chi connectivity index (χ2n) is 2.58. The smallest absolute Gasteiger partial charge is 0.217 e. The van der Waals surface area contributed by atoms with E-state index in [-0.39, 0.29) is 5.91 Å². The highest BCUT2D eigenvalue weighted by atomic mass is 16.1. The monoisotopic (exact) mass is 140 g/mol. The van der Waals surface area contributed by atoms with Gasteiger partial charge in [0.1, 0.15) is 0 Å². The third-order valence-corrected chi connectivity index (χ3v) is 1.60. The lowest BCUT2D eigenvalue weighted by Gasteiger charge is -2.16. The SMILES string of the molecule is NC(=O)CC1CC=CNC1. The molecule has 0 fully saturated rings. The summed E-state index contributed by atoms with van der Waals surface area (Å²) in [7, 11) is 0. The average molecular weight is 140 g/mol. The number of carbonyl (C=O) groups is 1. The Morgan fingerprint density at radius 1 is 1.80 bits per heavy atom. The van der Waals surface area contributed by atoms with Gasteiger partial charge in [0.2, 0.25) is 5.91 Å². The summed E-state index contributed by atoms with van der Waals surface area (Å²) >= 11 is 0. The third-order valence-electron chi connectivity index (χ3n) is 1.60. The summed E-state index contributed by atoms with van der Waals surface area (Å²) in [5.74, 6) is 0.199. The van der Waals surface area contributed by atoms with Crippen LogP contribution in [0.25, 0.3) is 0 Å². The van der Waals surface area contributed by atoms with Gasteiger partial charge >= 0.3 is 0 Å². The predicted molar refractivity (Wildman–Crippen MR) is 39.1 cm³/mol. The maximum Gasteiger partial charge on any atom is 0.217 e. The minimum atomic E-state index is -0.206. The van der Waals surface area contributed by atoms with Gasteiger partial charge in [-0.25, -0.2) is 0 Å². The van der Waals surface area contributed by atoms with Gasteiger partial charge in [-0.05, 0) is 18.5 Å². The highest BCUT2D eigenvalue weighted by Gasteiger charge is 2.11. The zero-order valence-electron chi connectivity index (χ0n) is 5.84. The fourth-order valence-electron chi connectivity index (χ4n) is 1.10. The van der Waals surface area contributed by atoms with E-state index in [9.17, 15) is 4.79 Å². The molecule has 0 aromatic heterocycles. The lowest BCUT2D eigenvalue weighted by molar-refractivity contribution is -0.118. The molecule has 56 valence electrons. The van der Waals surface area contributed by atoms with Crippen molar-refractivity contribution in [3.63, 3.8) is 0 Å². The molecule has 1 aliphatic heterocycles. The van der Waals surface area contributed by atoms with E-state index in [0.717, 1.165) is 13.0 Å². The number of hydrogen-bond acceptors (Lipinski definition) is 2. The maximum absolute atomic E-state index is 10.4. The van der Waals surface area contributed by atoms with Crippen LogP contribution in [0.3, 0.4) is 0 Å². The highest BCUT2D eigenvalue weighted by Crippen LogP contribution is 2.10. The molecule has 0 saturated carbocycles. The molecule has 0 saturated heterocycles. The summed E-state index contributed by atoms with van der Waals surface area (Å²) in [5, 5.41) is 3.05. The first-order chi connectivity index (χ1) is 4.79. The van der Waals surface area contributed by atoms with Crippen molar-refractivity contribution >= 4 is 5.91 Å². The van der Waals surface area contributed by atoms with E-state index in [4.69, 9.17) is 5.73 Å². The normalized spacial score (nSPS) is 23.8. The molecule has 1 rings (SSSR count). The van der Waals surface area contributed by atoms with Gasteiger partial charge in [-0.2, -0.15) is 0 Å². The van der Waals surface area contributed by atoms with Gasteiger partial charge in [0.05, 0.1) is 0 Å². The number of allylic oxidation sites excluding steroid dienone is 1. The van der Waals surface area contributed by atoms with Crippen molar-refractivity contribution in [2.75, 3.05) is 6.54 Å². The molecule has 0 aromatic carbocycles. The van der Waals surface area contributed by atoms with E-state index in [1.54, 1.807) is 0 Å². The predicted octanol–water partition coefficient (Wildman–Crippen LogP) is -0.0150. The zero-order valence-corrected chi connectivity index (χ0v) is 5.84. The molecule has 3 N–H and O–H groups in total. The van der Waals surface area contributed by atoms with Gasteiger partial charge in [0.25, 0.3) is 0 Å². The first-order valence-electron chi connectivity index (χ1n) is 3.45. The second-order valence-corrected chi connectivity index (χ2v) is 2.58. The molecule has 0 aromatic rings. The van der Waals surface area contributed by atoms with Crippen molar-refractivity contribution < 1.29 is 4.79 Å². The van der Waals surface area contributed by atoms with Gasteiger partial charge < -0.3 is 11.1 Å². The molecule has 3 heteroatoms. The number of primary amides is 1. The van der Waals surface area contributed by atoms with E-state index in [0.29, 0.717) is 12.3 Å². The molecule has 1 unspecified atom stereocenters. The van der Waals surface area contributed by atoms with Crippen LogP contribution in [0.15, 0.2) is 12.3 Å². The van der Waals surface area contributed by atoms with Gasteiger partial charge in [0, 0.05) is 13.0 Å². The maximum atomic E-state index is 10.4. The molecule has 1 atom stereocenters. The molecule has 3 nitrogen and oxygen atoms in total. The Labute approximate surface area is 60.3 Å². The van der Waals surface area contributed by atoms with E-state index >= 15 is 0 Å². The van der Waals surface area contributed by atoms with Crippen LogP contribution in [0.2, 0.25) is 0 Å². The first kappa shape index (κ1) is 7.12. The van der Waals surface area contributed by atoms with Crippen LogP contribution in [0, 0.1) is 5.92 Å². The lowest BCUT2D eigenvalue weighted by atomic mass is 9.99. The van der Waals surface area contributed by atoms with Crippen LogP contribution in [-0.2, 0) is 4.79 Å². The Hall–Kier alpha value is -0.990. The molecule has 1 heterocycles. The Morgan fingerprint density at radius 2 is 2.60 bits per heavy atom. The molecular weight excluding hydrogens is 128 g/mol. The molecule has 0 bridgehead atoms. The average Bonchev–Trinajstić information content (AvgIpc) is 1.88. The van der Waals surface area contributed by atoms with E-state index < -0.39 is 0 Å². The van der Waals surface area contributed by atoms with Crippen LogP contribution in [0.1, 0.15) is 12.8 Å². The largest absolute Gasteiger partial charge is 0.391 e. The molecule has 10 heavy (non-hydrogen) atoms. The van der Waals surface area contributed by atoms with Crippen LogP contribution in [0.4, 0.5) is 0 Å². The molecule has 0 radical (unpaired) electrons. The topological polar surface area (TPSA) is 55.1 Å². The van der Waals surface area contributed by atoms with E-state index in [1.165, 1.54) is 0 Å². The molecule has 1 aliphatic rings. The van der Waals surface area contributed by atoms with Crippen molar-refractivity contribution in [2.24, 2.45) is 11.7 Å².